The number of halogens is 2. The van der Waals surface area contributed by atoms with Crippen LogP contribution in [0.5, 0.6) is 5.75 Å². The Hall–Kier alpha value is -3.21. The first-order valence-corrected chi connectivity index (χ1v) is 9.31. The fourth-order valence-electron chi connectivity index (χ4n) is 2.75. The summed E-state index contributed by atoms with van der Waals surface area (Å²) < 4.78 is 32.0. The van der Waals surface area contributed by atoms with Crippen molar-refractivity contribution in [2.45, 2.75) is 32.8 Å². The molecule has 3 aromatic rings. The van der Waals surface area contributed by atoms with Crippen molar-refractivity contribution < 1.29 is 18.3 Å². The molecule has 0 saturated heterocycles. The van der Waals surface area contributed by atoms with E-state index < -0.39 is 17.5 Å². The number of ether oxygens (including phenoxy) is 1. The maximum Gasteiger partial charge on any atom is 0.255 e. The van der Waals surface area contributed by atoms with Crippen LogP contribution in [0, 0.1) is 11.6 Å². The normalized spacial score (nSPS) is 11.2. The number of amides is 1. The Morgan fingerprint density at radius 1 is 0.897 bits per heavy atom. The van der Waals surface area contributed by atoms with Gasteiger partial charge in [-0.3, -0.25) is 4.79 Å². The summed E-state index contributed by atoms with van der Waals surface area (Å²) in [6.45, 7) is 6.85. The Labute approximate surface area is 169 Å². The predicted molar refractivity (Wildman–Crippen MR) is 110 cm³/mol. The molecule has 150 valence electrons. The van der Waals surface area contributed by atoms with Gasteiger partial charge in [-0.15, -0.1) is 0 Å². The highest BCUT2D eigenvalue weighted by atomic mass is 19.2. The summed E-state index contributed by atoms with van der Waals surface area (Å²) in [5.74, 6) is -1.59. The summed E-state index contributed by atoms with van der Waals surface area (Å²) in [5, 5.41) is 2.54. The molecule has 3 aromatic carbocycles. The van der Waals surface area contributed by atoms with Gasteiger partial charge in [-0.05, 0) is 52.9 Å². The first-order valence-electron chi connectivity index (χ1n) is 9.31. The van der Waals surface area contributed by atoms with Crippen LogP contribution in [0.2, 0.25) is 0 Å². The lowest BCUT2D eigenvalue weighted by Gasteiger charge is -2.19. The molecule has 0 aromatic heterocycles. The average molecular weight is 395 g/mol. The molecule has 0 spiro atoms. The number of rotatable bonds is 5. The van der Waals surface area contributed by atoms with Crippen molar-refractivity contribution in [1.82, 2.24) is 0 Å². The molecule has 0 fully saturated rings. The Bertz CT molecular complexity index is 991. The van der Waals surface area contributed by atoms with E-state index in [1.54, 1.807) is 24.3 Å². The van der Waals surface area contributed by atoms with Crippen LogP contribution in [0.15, 0.2) is 66.7 Å². The van der Waals surface area contributed by atoms with Gasteiger partial charge in [0.25, 0.3) is 5.91 Å². The summed E-state index contributed by atoms with van der Waals surface area (Å²) >= 11 is 0. The lowest BCUT2D eigenvalue weighted by molar-refractivity contribution is 0.102. The van der Waals surface area contributed by atoms with E-state index in [2.05, 4.69) is 38.2 Å². The molecule has 0 unspecified atom stereocenters. The Balaban J connectivity index is 1.58. The highest BCUT2D eigenvalue weighted by Gasteiger charge is 2.13. The lowest BCUT2D eigenvalue weighted by Crippen LogP contribution is -2.12. The molecule has 3 nitrogen and oxygen atoms in total. The van der Waals surface area contributed by atoms with Crippen LogP contribution in [0.25, 0.3) is 0 Å². The molecule has 0 bridgehead atoms. The maximum absolute atomic E-state index is 13.2. The SMILES string of the molecule is CC(C)(C)c1ccc(OCc2ccc(C(=O)Nc3ccc(F)c(F)c3)cc2)cc1. The van der Waals surface area contributed by atoms with Crippen molar-refractivity contribution in [3.8, 4) is 5.75 Å². The quantitative estimate of drug-likeness (QED) is 0.567. The minimum Gasteiger partial charge on any atom is -0.489 e. The molecule has 1 amide bonds. The molecule has 0 heterocycles. The van der Waals surface area contributed by atoms with Gasteiger partial charge in [-0.2, -0.15) is 0 Å². The lowest BCUT2D eigenvalue weighted by atomic mass is 9.87. The largest absolute Gasteiger partial charge is 0.489 e. The van der Waals surface area contributed by atoms with Gasteiger partial charge in [0.2, 0.25) is 0 Å². The maximum atomic E-state index is 13.2. The number of anilines is 1. The molecule has 29 heavy (non-hydrogen) atoms. The highest BCUT2D eigenvalue weighted by Crippen LogP contribution is 2.24. The van der Waals surface area contributed by atoms with E-state index >= 15 is 0 Å². The van der Waals surface area contributed by atoms with Crippen molar-refractivity contribution in [3.05, 3.63) is 95.1 Å². The van der Waals surface area contributed by atoms with Gasteiger partial charge in [0.1, 0.15) is 12.4 Å². The van der Waals surface area contributed by atoms with Crippen LogP contribution in [0.3, 0.4) is 0 Å². The molecule has 1 N–H and O–H groups in total. The van der Waals surface area contributed by atoms with Crippen LogP contribution < -0.4 is 10.1 Å². The van der Waals surface area contributed by atoms with Crippen molar-refractivity contribution in [1.29, 1.82) is 0 Å². The van der Waals surface area contributed by atoms with Crippen LogP contribution in [-0.2, 0) is 12.0 Å². The van der Waals surface area contributed by atoms with Crippen molar-refractivity contribution in [2.24, 2.45) is 0 Å². The highest BCUT2D eigenvalue weighted by molar-refractivity contribution is 6.04. The number of carbonyl (C=O) groups is 1. The van der Waals surface area contributed by atoms with E-state index in [1.807, 2.05) is 12.1 Å². The molecule has 3 rings (SSSR count). The third-order valence-corrected chi connectivity index (χ3v) is 4.52. The van der Waals surface area contributed by atoms with Crippen LogP contribution >= 0.6 is 0 Å². The second kappa shape index (κ2) is 8.43. The molecular weight excluding hydrogens is 372 g/mol. The Morgan fingerprint density at radius 3 is 2.14 bits per heavy atom. The summed E-state index contributed by atoms with van der Waals surface area (Å²) in [6.07, 6.45) is 0. The fraction of sp³-hybridized carbons (Fsp3) is 0.208. The van der Waals surface area contributed by atoms with Crippen LogP contribution in [0.4, 0.5) is 14.5 Å². The third kappa shape index (κ3) is 5.41. The minimum absolute atomic E-state index is 0.0919. The van der Waals surface area contributed by atoms with Crippen LogP contribution in [0.1, 0.15) is 42.3 Å². The van der Waals surface area contributed by atoms with Gasteiger partial charge in [0.15, 0.2) is 11.6 Å². The minimum atomic E-state index is -1.01. The van der Waals surface area contributed by atoms with Gasteiger partial charge in [0, 0.05) is 17.3 Å². The number of carbonyl (C=O) groups excluding carboxylic acids is 1. The van der Waals surface area contributed by atoms with E-state index in [9.17, 15) is 13.6 Å². The van der Waals surface area contributed by atoms with E-state index in [0.29, 0.717) is 12.2 Å². The summed E-state index contributed by atoms with van der Waals surface area (Å²) in [7, 11) is 0. The fourth-order valence-corrected chi connectivity index (χ4v) is 2.75. The van der Waals surface area contributed by atoms with E-state index in [1.165, 1.54) is 11.6 Å². The molecular formula is C24H23F2NO2. The third-order valence-electron chi connectivity index (χ3n) is 4.52. The molecule has 0 aliphatic heterocycles. The molecule has 0 aliphatic carbocycles. The zero-order chi connectivity index (χ0) is 21.0. The van der Waals surface area contributed by atoms with Crippen LogP contribution in [-0.4, -0.2) is 5.91 Å². The van der Waals surface area contributed by atoms with Crippen molar-refractivity contribution in [2.75, 3.05) is 5.32 Å². The topological polar surface area (TPSA) is 38.3 Å². The zero-order valence-corrected chi connectivity index (χ0v) is 16.6. The predicted octanol–water partition coefficient (Wildman–Crippen LogP) is 6.09. The second-order valence-corrected chi connectivity index (χ2v) is 7.84. The smallest absolute Gasteiger partial charge is 0.255 e. The van der Waals surface area contributed by atoms with Gasteiger partial charge < -0.3 is 10.1 Å². The van der Waals surface area contributed by atoms with Gasteiger partial charge >= 0.3 is 0 Å². The first-order chi connectivity index (χ1) is 13.7. The first kappa shape index (κ1) is 20.5. The Morgan fingerprint density at radius 2 is 1.55 bits per heavy atom. The summed E-state index contributed by atoms with van der Waals surface area (Å²) in [5.41, 5.74) is 2.85. The van der Waals surface area contributed by atoms with E-state index in [4.69, 9.17) is 4.74 Å². The van der Waals surface area contributed by atoms with Gasteiger partial charge in [0.05, 0.1) is 0 Å². The molecule has 0 atom stereocenters. The number of hydrogen-bond acceptors (Lipinski definition) is 2. The van der Waals surface area contributed by atoms with E-state index in [0.717, 1.165) is 23.4 Å². The number of nitrogens with one attached hydrogen (secondary N) is 1. The van der Waals surface area contributed by atoms with Crippen molar-refractivity contribution >= 4 is 11.6 Å². The molecule has 0 radical (unpaired) electrons. The van der Waals surface area contributed by atoms with Gasteiger partial charge in [-0.25, -0.2) is 8.78 Å². The average Bonchev–Trinajstić information content (AvgIpc) is 2.69. The molecule has 0 aliphatic rings. The van der Waals surface area contributed by atoms with Gasteiger partial charge in [-0.1, -0.05) is 45.0 Å². The monoisotopic (exact) mass is 395 g/mol. The standard InChI is InChI=1S/C24H23F2NO2/c1-24(2,3)18-8-11-20(12-9-18)29-15-16-4-6-17(7-5-16)23(28)27-19-10-13-21(25)22(26)14-19/h4-14H,15H2,1-3H3,(H,27,28). The van der Waals surface area contributed by atoms with E-state index in [-0.39, 0.29) is 11.1 Å². The molecule has 0 saturated carbocycles. The molecule has 5 heteroatoms. The zero-order valence-electron chi connectivity index (χ0n) is 16.6. The Kier molecular flexibility index (Phi) is 5.97. The second-order valence-electron chi connectivity index (χ2n) is 7.84. The number of hydrogen-bond donors (Lipinski definition) is 1. The summed E-state index contributed by atoms with van der Waals surface area (Å²) in [6, 6.07) is 18.2. The number of benzene rings is 3. The summed E-state index contributed by atoms with van der Waals surface area (Å²) in [4.78, 5) is 12.3. The van der Waals surface area contributed by atoms with Crippen molar-refractivity contribution in [3.63, 3.8) is 0 Å².